The molecule has 1 atom stereocenters. The number of nitrogens with two attached hydrogens (primary N) is 1. The molecule has 0 amide bonds. The van der Waals surface area contributed by atoms with Crippen molar-refractivity contribution in [2.24, 2.45) is 5.73 Å². The van der Waals surface area contributed by atoms with E-state index in [4.69, 9.17) is 10.5 Å². The van der Waals surface area contributed by atoms with Gasteiger partial charge in [0.05, 0.1) is 6.07 Å². The third-order valence-electron chi connectivity index (χ3n) is 3.37. The maximum absolute atomic E-state index is 11.0. The number of hydrogen-bond donors (Lipinski definition) is 1. The highest BCUT2D eigenvalue weighted by atomic mass is 16.5. The van der Waals surface area contributed by atoms with Crippen molar-refractivity contribution in [3.05, 3.63) is 34.4 Å². The molecule has 0 heterocycles. The summed E-state index contributed by atoms with van der Waals surface area (Å²) in [6.07, 6.45) is 1.66. The number of rotatable bonds is 6. The molecule has 0 aromatic heterocycles. The van der Waals surface area contributed by atoms with Gasteiger partial charge in [0, 0.05) is 13.5 Å². The topological polar surface area (TPSA) is 76.1 Å². The number of ether oxygens (including phenoxy) is 1. The van der Waals surface area contributed by atoms with Crippen LogP contribution in [-0.4, -0.2) is 12.6 Å². The van der Waals surface area contributed by atoms with E-state index in [9.17, 15) is 10.1 Å². The normalized spacial score (nSPS) is 11.8. The first kappa shape index (κ1) is 16.2. The summed E-state index contributed by atoms with van der Waals surface area (Å²) < 4.78 is 5.02. The summed E-state index contributed by atoms with van der Waals surface area (Å²) in [6, 6.07) is 6.35. The molecule has 1 aromatic rings. The van der Waals surface area contributed by atoms with Gasteiger partial charge in [-0.3, -0.25) is 4.79 Å². The van der Waals surface area contributed by atoms with E-state index in [0.717, 1.165) is 35.1 Å². The first-order valence-corrected chi connectivity index (χ1v) is 6.94. The molecule has 2 N–H and O–H groups in total. The Bertz CT molecular complexity index is 493. The maximum atomic E-state index is 11.0. The van der Waals surface area contributed by atoms with Crippen LogP contribution in [0.2, 0.25) is 0 Å². The van der Waals surface area contributed by atoms with Crippen molar-refractivity contribution in [2.45, 2.75) is 46.1 Å². The first-order valence-electron chi connectivity index (χ1n) is 6.94. The van der Waals surface area contributed by atoms with Crippen molar-refractivity contribution < 1.29 is 9.53 Å². The highest BCUT2D eigenvalue weighted by Gasteiger charge is 2.20. The third kappa shape index (κ3) is 3.82. The lowest BCUT2D eigenvalue weighted by Gasteiger charge is -2.19. The quantitative estimate of drug-likeness (QED) is 0.808. The molecule has 1 unspecified atom stereocenters. The Hall–Kier alpha value is -1.86. The molecule has 0 spiro atoms. The van der Waals surface area contributed by atoms with Gasteiger partial charge in [0.15, 0.2) is 0 Å². The van der Waals surface area contributed by atoms with Crippen LogP contribution in [-0.2, 0) is 28.9 Å². The number of hydrogen-bond acceptors (Lipinski definition) is 4. The number of carbonyl (C=O) groups excluding carboxylic acids is 1. The Morgan fingerprint density at radius 3 is 2.25 bits per heavy atom. The third-order valence-corrected chi connectivity index (χ3v) is 3.37. The second-order valence-corrected chi connectivity index (χ2v) is 4.72. The molecule has 20 heavy (non-hydrogen) atoms. The smallest absolute Gasteiger partial charge is 0.302 e. The van der Waals surface area contributed by atoms with E-state index in [0.29, 0.717) is 6.54 Å². The summed E-state index contributed by atoms with van der Waals surface area (Å²) in [5.74, 6) is -0.782. The van der Waals surface area contributed by atoms with Crippen LogP contribution in [0.25, 0.3) is 0 Å². The van der Waals surface area contributed by atoms with Gasteiger partial charge in [-0.1, -0.05) is 26.0 Å². The van der Waals surface area contributed by atoms with E-state index >= 15 is 0 Å². The fraction of sp³-hybridized carbons (Fsp3) is 0.500. The fourth-order valence-electron chi connectivity index (χ4n) is 2.39. The van der Waals surface area contributed by atoms with E-state index in [2.05, 4.69) is 19.9 Å². The monoisotopic (exact) mass is 274 g/mol. The number of carbonyl (C=O) groups is 1. The van der Waals surface area contributed by atoms with Crippen LogP contribution in [0.15, 0.2) is 12.1 Å². The highest BCUT2D eigenvalue weighted by Crippen LogP contribution is 2.27. The second-order valence-electron chi connectivity index (χ2n) is 4.72. The molecule has 0 saturated heterocycles. The van der Waals surface area contributed by atoms with Crippen molar-refractivity contribution in [2.75, 3.05) is 6.61 Å². The fourth-order valence-corrected chi connectivity index (χ4v) is 2.39. The van der Waals surface area contributed by atoms with Crippen molar-refractivity contribution >= 4 is 5.97 Å². The van der Waals surface area contributed by atoms with Crippen LogP contribution in [0.4, 0.5) is 0 Å². The zero-order valence-electron chi connectivity index (χ0n) is 12.4. The minimum atomic E-state index is -0.421. The molecule has 0 aliphatic heterocycles. The van der Waals surface area contributed by atoms with Gasteiger partial charge in [0.1, 0.15) is 12.5 Å². The van der Waals surface area contributed by atoms with Gasteiger partial charge in [-0.15, -0.1) is 0 Å². The summed E-state index contributed by atoms with van der Waals surface area (Å²) in [6.45, 7) is 6.06. The van der Waals surface area contributed by atoms with Gasteiger partial charge < -0.3 is 10.5 Å². The highest BCUT2D eigenvalue weighted by molar-refractivity contribution is 5.66. The van der Waals surface area contributed by atoms with Gasteiger partial charge in [-0.05, 0) is 35.1 Å². The largest absolute Gasteiger partial charge is 0.464 e. The second kappa shape index (κ2) is 7.66. The summed E-state index contributed by atoms with van der Waals surface area (Å²) in [5, 5.41) is 9.39. The molecule has 1 aromatic carbocycles. The molecule has 0 saturated carbocycles. The Labute approximate surface area is 120 Å². The predicted molar refractivity (Wildman–Crippen MR) is 78.1 cm³/mol. The molecule has 1 rings (SSSR count). The summed E-state index contributed by atoms with van der Waals surface area (Å²) in [5.41, 5.74) is 10.0. The van der Waals surface area contributed by atoms with Crippen LogP contribution < -0.4 is 5.73 Å². The molecule has 4 nitrogen and oxygen atoms in total. The zero-order valence-corrected chi connectivity index (χ0v) is 12.4. The van der Waals surface area contributed by atoms with Crippen LogP contribution >= 0.6 is 0 Å². The van der Waals surface area contributed by atoms with E-state index in [1.807, 2.05) is 12.1 Å². The Morgan fingerprint density at radius 2 is 1.90 bits per heavy atom. The van der Waals surface area contributed by atoms with Crippen molar-refractivity contribution in [1.82, 2.24) is 0 Å². The molecule has 0 fully saturated rings. The van der Waals surface area contributed by atoms with Crippen molar-refractivity contribution in [3.8, 4) is 6.07 Å². The SMILES string of the molecule is CCc1cc(CN)cc(CC)c1C(C#N)COC(C)=O. The maximum Gasteiger partial charge on any atom is 0.302 e. The van der Waals surface area contributed by atoms with Gasteiger partial charge in [-0.25, -0.2) is 0 Å². The minimum Gasteiger partial charge on any atom is -0.464 e. The predicted octanol–water partition coefficient (Wildman–Crippen LogP) is 2.44. The Morgan fingerprint density at radius 1 is 1.35 bits per heavy atom. The molecule has 108 valence electrons. The lowest BCUT2D eigenvalue weighted by molar-refractivity contribution is -0.141. The molecule has 0 radical (unpaired) electrons. The number of aryl methyl sites for hydroxylation is 2. The Kier molecular flexibility index (Phi) is 6.20. The standard InChI is InChI=1S/C16H22N2O2/c1-4-13-6-12(8-17)7-14(5-2)16(13)15(9-18)10-20-11(3)19/h6-7,15H,4-5,8,10,17H2,1-3H3. The average molecular weight is 274 g/mol. The van der Waals surface area contributed by atoms with Crippen LogP contribution in [0.3, 0.4) is 0 Å². The van der Waals surface area contributed by atoms with Gasteiger partial charge >= 0.3 is 5.97 Å². The van der Waals surface area contributed by atoms with E-state index in [1.165, 1.54) is 6.92 Å². The molecular formula is C16H22N2O2. The number of nitrogens with zero attached hydrogens (tertiary/aromatic N) is 1. The minimum absolute atomic E-state index is 0.105. The van der Waals surface area contributed by atoms with Crippen LogP contribution in [0.5, 0.6) is 0 Å². The molecular weight excluding hydrogens is 252 g/mol. The van der Waals surface area contributed by atoms with Crippen molar-refractivity contribution in [1.29, 1.82) is 5.26 Å². The lowest BCUT2D eigenvalue weighted by atomic mass is 9.87. The number of nitriles is 1. The molecule has 0 bridgehead atoms. The molecule has 4 heteroatoms. The first-order chi connectivity index (χ1) is 9.57. The van der Waals surface area contributed by atoms with E-state index in [1.54, 1.807) is 0 Å². The number of esters is 1. The molecule has 0 aliphatic rings. The van der Waals surface area contributed by atoms with Gasteiger partial charge in [0.25, 0.3) is 0 Å². The average Bonchev–Trinajstić information content (AvgIpc) is 2.46. The van der Waals surface area contributed by atoms with Gasteiger partial charge in [0.2, 0.25) is 0 Å². The zero-order chi connectivity index (χ0) is 15.1. The van der Waals surface area contributed by atoms with Crippen LogP contribution in [0.1, 0.15) is 48.9 Å². The summed E-state index contributed by atoms with van der Waals surface area (Å²) in [7, 11) is 0. The van der Waals surface area contributed by atoms with Crippen molar-refractivity contribution in [3.63, 3.8) is 0 Å². The van der Waals surface area contributed by atoms with Gasteiger partial charge in [-0.2, -0.15) is 5.26 Å². The van der Waals surface area contributed by atoms with E-state index in [-0.39, 0.29) is 12.6 Å². The number of benzene rings is 1. The lowest BCUT2D eigenvalue weighted by Crippen LogP contribution is -2.14. The molecule has 0 aliphatic carbocycles. The Balaban J connectivity index is 3.25. The summed E-state index contributed by atoms with van der Waals surface area (Å²) in [4.78, 5) is 11.0. The van der Waals surface area contributed by atoms with E-state index < -0.39 is 5.92 Å². The van der Waals surface area contributed by atoms with Crippen LogP contribution in [0, 0.1) is 11.3 Å². The summed E-state index contributed by atoms with van der Waals surface area (Å²) >= 11 is 0.